The summed E-state index contributed by atoms with van der Waals surface area (Å²) in [6.07, 6.45) is 1.90. The van der Waals surface area contributed by atoms with Gasteiger partial charge < -0.3 is 20.3 Å². The zero-order valence-corrected chi connectivity index (χ0v) is 17.2. The number of benzene rings is 2. The lowest BCUT2D eigenvalue weighted by Crippen LogP contribution is -2.51. The topological polar surface area (TPSA) is 71.2 Å². The van der Waals surface area contributed by atoms with E-state index >= 15 is 0 Å². The number of hydrogen-bond donors (Lipinski definition) is 1. The molecule has 6 nitrogen and oxygen atoms in total. The van der Waals surface area contributed by atoms with Crippen molar-refractivity contribution in [1.82, 2.24) is 4.90 Å². The Morgan fingerprint density at radius 3 is 2.40 bits per heavy atom. The van der Waals surface area contributed by atoms with Crippen LogP contribution in [0.2, 0.25) is 0 Å². The monoisotopic (exact) mass is 412 g/mol. The van der Waals surface area contributed by atoms with E-state index in [2.05, 4.69) is 14.8 Å². The van der Waals surface area contributed by atoms with Crippen molar-refractivity contribution in [1.29, 1.82) is 0 Å². The van der Waals surface area contributed by atoms with Crippen molar-refractivity contribution in [3.63, 3.8) is 0 Å². The van der Waals surface area contributed by atoms with Crippen molar-refractivity contribution in [3.8, 4) is 0 Å². The highest BCUT2D eigenvalue weighted by Gasteiger charge is 2.18. The van der Waals surface area contributed by atoms with Crippen LogP contribution in [0.5, 0.6) is 0 Å². The van der Waals surface area contributed by atoms with Crippen LogP contribution < -0.4 is 10.6 Å². The normalized spacial score (nSPS) is 14.6. The number of carbonyl (C=O) groups excluding carboxylic acids is 1. The van der Waals surface area contributed by atoms with Crippen molar-refractivity contribution < 1.29 is 13.9 Å². The van der Waals surface area contributed by atoms with E-state index < -0.39 is 0 Å². The van der Waals surface area contributed by atoms with Gasteiger partial charge in [0.1, 0.15) is 12.4 Å². The molecule has 1 saturated heterocycles. The smallest absolute Gasteiger partial charge is 0.306 e. The number of anilines is 1. The molecule has 1 aliphatic rings. The molecule has 7 heteroatoms. The molecule has 0 saturated carbocycles. The molecule has 1 fully saturated rings. The third kappa shape index (κ3) is 6.76. The van der Waals surface area contributed by atoms with Gasteiger partial charge in [0, 0.05) is 44.8 Å². The maximum Gasteiger partial charge on any atom is 0.306 e. The Morgan fingerprint density at radius 1 is 1.00 bits per heavy atom. The molecule has 160 valence electrons. The number of unbranched alkanes of at least 4 members (excludes halogenated alkanes) is 1. The minimum Gasteiger partial charge on any atom is -0.461 e. The van der Waals surface area contributed by atoms with Gasteiger partial charge in [0.05, 0.1) is 0 Å². The number of halogens is 1. The molecule has 30 heavy (non-hydrogen) atoms. The van der Waals surface area contributed by atoms with Gasteiger partial charge in [-0.15, -0.1) is 0 Å². The summed E-state index contributed by atoms with van der Waals surface area (Å²) >= 11 is 0. The Hall–Kier alpha value is -3.09. The van der Waals surface area contributed by atoms with E-state index in [9.17, 15) is 9.18 Å². The van der Waals surface area contributed by atoms with Crippen LogP contribution in [0.4, 0.5) is 10.1 Å². The average Bonchev–Trinajstić information content (AvgIpc) is 2.78. The number of ether oxygens (including phenoxy) is 1. The highest BCUT2D eigenvalue weighted by molar-refractivity contribution is 5.78. The highest BCUT2D eigenvalue weighted by atomic mass is 19.1. The van der Waals surface area contributed by atoms with Gasteiger partial charge in [-0.3, -0.25) is 9.79 Å². The Labute approximate surface area is 177 Å². The van der Waals surface area contributed by atoms with Crippen molar-refractivity contribution >= 4 is 17.6 Å². The molecule has 0 radical (unpaired) electrons. The second-order valence-electron chi connectivity index (χ2n) is 7.29. The lowest BCUT2D eigenvalue weighted by Gasteiger charge is -2.36. The second-order valence-corrected chi connectivity index (χ2v) is 7.29. The Kier molecular flexibility index (Phi) is 8.06. The van der Waals surface area contributed by atoms with Gasteiger partial charge >= 0.3 is 5.97 Å². The largest absolute Gasteiger partial charge is 0.461 e. The van der Waals surface area contributed by atoms with Crippen LogP contribution in [0.25, 0.3) is 0 Å². The molecule has 0 amide bonds. The van der Waals surface area contributed by atoms with E-state index in [0.717, 1.165) is 50.3 Å². The van der Waals surface area contributed by atoms with Crippen LogP contribution >= 0.6 is 0 Å². The first-order valence-electron chi connectivity index (χ1n) is 10.4. The van der Waals surface area contributed by atoms with E-state index in [1.165, 1.54) is 12.1 Å². The van der Waals surface area contributed by atoms with Gasteiger partial charge in [0.15, 0.2) is 5.96 Å². The lowest BCUT2D eigenvalue weighted by atomic mass is 10.2. The number of hydrogen-bond acceptors (Lipinski definition) is 4. The molecule has 0 unspecified atom stereocenters. The molecule has 0 atom stereocenters. The number of guanidine groups is 1. The number of nitrogens with zero attached hydrogens (tertiary/aromatic N) is 3. The van der Waals surface area contributed by atoms with Crippen LogP contribution in [-0.4, -0.2) is 49.6 Å². The Morgan fingerprint density at radius 2 is 1.70 bits per heavy atom. The molecule has 2 aromatic rings. The van der Waals surface area contributed by atoms with Crippen LogP contribution in [0.3, 0.4) is 0 Å². The van der Waals surface area contributed by atoms with Gasteiger partial charge in [-0.25, -0.2) is 4.39 Å². The van der Waals surface area contributed by atoms with Gasteiger partial charge in [-0.1, -0.05) is 30.3 Å². The standard InChI is InChI=1S/C23H29FN4O2/c24-20-9-11-21(12-10-20)27-14-16-28(17-15-27)23(25)26-13-5-4-8-22(29)30-18-19-6-2-1-3-7-19/h1-3,6-7,9-12H,4-5,8,13-18H2,(H2,25,26). The van der Waals surface area contributed by atoms with Gasteiger partial charge in [0.25, 0.3) is 0 Å². The molecular weight excluding hydrogens is 383 g/mol. The van der Waals surface area contributed by atoms with Crippen LogP contribution in [-0.2, 0) is 16.1 Å². The van der Waals surface area contributed by atoms with Crippen LogP contribution in [0, 0.1) is 5.82 Å². The lowest BCUT2D eigenvalue weighted by molar-refractivity contribution is -0.145. The third-order valence-electron chi connectivity index (χ3n) is 5.10. The van der Waals surface area contributed by atoms with Gasteiger partial charge in [0.2, 0.25) is 0 Å². The summed E-state index contributed by atoms with van der Waals surface area (Å²) in [6.45, 7) is 4.09. The summed E-state index contributed by atoms with van der Waals surface area (Å²) < 4.78 is 18.3. The average molecular weight is 413 g/mol. The molecule has 0 aromatic heterocycles. The van der Waals surface area contributed by atoms with Crippen molar-refractivity contribution in [2.75, 3.05) is 37.6 Å². The fraction of sp³-hybridized carbons (Fsp3) is 0.391. The number of aliphatic imine (C=N–C) groups is 1. The molecule has 1 aliphatic heterocycles. The summed E-state index contributed by atoms with van der Waals surface area (Å²) in [7, 11) is 0. The molecule has 1 heterocycles. The molecule has 2 N–H and O–H groups in total. The maximum absolute atomic E-state index is 13.1. The zero-order valence-electron chi connectivity index (χ0n) is 17.2. The van der Waals surface area contributed by atoms with Crippen molar-refractivity contribution in [2.24, 2.45) is 10.7 Å². The van der Waals surface area contributed by atoms with E-state index in [1.807, 2.05) is 30.3 Å². The summed E-state index contributed by atoms with van der Waals surface area (Å²) in [5, 5.41) is 0. The van der Waals surface area contributed by atoms with Gasteiger partial charge in [-0.2, -0.15) is 0 Å². The predicted molar refractivity (Wildman–Crippen MR) is 117 cm³/mol. The second kappa shape index (κ2) is 11.2. The third-order valence-corrected chi connectivity index (χ3v) is 5.10. The molecule has 2 aromatic carbocycles. The van der Waals surface area contributed by atoms with E-state index in [1.54, 1.807) is 12.1 Å². The summed E-state index contributed by atoms with van der Waals surface area (Å²) in [5.74, 6) is 0.131. The SMILES string of the molecule is NC(=NCCCCC(=O)OCc1ccccc1)N1CCN(c2ccc(F)cc2)CC1. The first-order valence-corrected chi connectivity index (χ1v) is 10.4. The molecule has 0 aliphatic carbocycles. The molecular formula is C23H29FN4O2. The number of piperazine rings is 1. The number of esters is 1. The van der Waals surface area contributed by atoms with E-state index in [4.69, 9.17) is 10.5 Å². The quantitative estimate of drug-likeness (QED) is 0.312. The fourth-order valence-electron chi connectivity index (χ4n) is 3.33. The van der Waals surface area contributed by atoms with E-state index in [0.29, 0.717) is 25.5 Å². The predicted octanol–water partition coefficient (Wildman–Crippen LogP) is 3.18. The van der Waals surface area contributed by atoms with Crippen LogP contribution in [0.1, 0.15) is 24.8 Å². The van der Waals surface area contributed by atoms with Crippen molar-refractivity contribution in [3.05, 3.63) is 66.0 Å². The minimum absolute atomic E-state index is 0.187. The Balaban J connectivity index is 1.30. The van der Waals surface area contributed by atoms with Crippen molar-refractivity contribution in [2.45, 2.75) is 25.9 Å². The van der Waals surface area contributed by atoms with E-state index in [-0.39, 0.29) is 11.8 Å². The van der Waals surface area contributed by atoms with Crippen LogP contribution in [0.15, 0.2) is 59.6 Å². The number of nitrogens with two attached hydrogens (primary N) is 1. The minimum atomic E-state index is -0.224. The summed E-state index contributed by atoms with van der Waals surface area (Å²) in [6, 6.07) is 16.2. The Bertz CT molecular complexity index is 819. The molecule has 0 spiro atoms. The molecule has 3 rings (SSSR count). The fourth-order valence-corrected chi connectivity index (χ4v) is 3.33. The van der Waals surface area contributed by atoms with Gasteiger partial charge in [-0.05, 0) is 42.7 Å². The first-order chi connectivity index (χ1) is 14.6. The summed E-state index contributed by atoms with van der Waals surface area (Å²) in [4.78, 5) is 20.5. The zero-order chi connectivity index (χ0) is 21.2. The summed E-state index contributed by atoms with van der Waals surface area (Å²) in [5.41, 5.74) is 8.13. The highest BCUT2D eigenvalue weighted by Crippen LogP contribution is 2.16. The maximum atomic E-state index is 13.1. The molecule has 0 bridgehead atoms. The number of rotatable bonds is 8. The first kappa shape index (κ1) is 21.6. The number of carbonyl (C=O) groups is 1.